The minimum atomic E-state index is -0.298. The van der Waals surface area contributed by atoms with Gasteiger partial charge in [0.2, 0.25) is 6.71 Å². The van der Waals surface area contributed by atoms with E-state index in [2.05, 4.69) is 142 Å². The summed E-state index contributed by atoms with van der Waals surface area (Å²) in [7, 11) is 4.02. The average molecular weight is 814 g/mol. The molecule has 3 heterocycles. The van der Waals surface area contributed by atoms with Gasteiger partial charge in [0.15, 0.2) is 0 Å². The zero-order chi connectivity index (χ0) is 32.5. The Balaban J connectivity index is 0.00000378. The van der Waals surface area contributed by atoms with Crippen LogP contribution in [-0.4, -0.2) is 35.6 Å². The summed E-state index contributed by atoms with van der Waals surface area (Å²) in [6.45, 7) is -0.298. The summed E-state index contributed by atoms with van der Waals surface area (Å²) < 4.78 is 6.14. The van der Waals surface area contributed by atoms with Gasteiger partial charge in [-0.25, -0.2) is 4.68 Å². The van der Waals surface area contributed by atoms with Crippen molar-refractivity contribution in [2.24, 2.45) is 14.1 Å². The molecule has 0 amide bonds. The largest absolute Gasteiger partial charge is 2.00 e. The van der Waals surface area contributed by atoms with E-state index in [1.165, 1.54) is 0 Å². The van der Waals surface area contributed by atoms with Crippen LogP contribution in [0.25, 0.3) is 51.0 Å². The molecule has 0 unspecified atom stereocenters. The molecule has 0 saturated carbocycles. The third-order valence-electron chi connectivity index (χ3n) is 8.69. The standard InChI is InChI=1S/C41H31BN6.Pt/c1-46-26-24-43-40(46)32-18-12-20-34(28-32)42(35-21-13-19-33(29-35)41-44-25-27-47(41)2)37-38(30-14-6-3-7-15-30)45-48(36-22-10-5-11-23-36)39(37)31-16-8-4-9-17-31;/h3-27H,1-2H3;/q-2;+2. The topological polar surface area (TPSA) is 53.5 Å². The summed E-state index contributed by atoms with van der Waals surface area (Å²) >= 11 is 0. The van der Waals surface area contributed by atoms with Crippen LogP contribution in [0.5, 0.6) is 0 Å². The van der Waals surface area contributed by atoms with E-state index in [4.69, 9.17) is 5.10 Å². The van der Waals surface area contributed by atoms with E-state index in [1.54, 1.807) is 0 Å². The molecule has 0 atom stereocenters. The molecule has 6 nitrogen and oxygen atoms in total. The monoisotopic (exact) mass is 813 g/mol. The second-order valence-electron chi connectivity index (χ2n) is 11.8. The Morgan fingerprint density at radius 3 is 1.53 bits per heavy atom. The number of aryl methyl sites for hydroxylation is 2. The third-order valence-corrected chi connectivity index (χ3v) is 8.69. The molecule has 8 rings (SSSR count). The molecule has 238 valence electrons. The first-order valence-electron chi connectivity index (χ1n) is 15.9. The Labute approximate surface area is 301 Å². The van der Waals surface area contributed by atoms with Crippen LogP contribution in [0.15, 0.2) is 152 Å². The summed E-state index contributed by atoms with van der Waals surface area (Å²) in [5.41, 5.74) is 9.88. The molecule has 0 bridgehead atoms. The molecule has 0 saturated heterocycles. The zero-order valence-electron chi connectivity index (χ0n) is 27.0. The molecule has 8 aromatic rings. The summed E-state index contributed by atoms with van der Waals surface area (Å²) in [5, 5.41) is 5.43. The fraction of sp³-hybridized carbons (Fsp3) is 0.0488. The van der Waals surface area contributed by atoms with Crippen LogP contribution in [0.4, 0.5) is 0 Å². The zero-order valence-corrected chi connectivity index (χ0v) is 29.3. The number of hydrogen-bond acceptors (Lipinski definition) is 3. The number of benzene rings is 5. The van der Waals surface area contributed by atoms with E-state index in [-0.39, 0.29) is 27.8 Å². The molecule has 5 aromatic carbocycles. The van der Waals surface area contributed by atoms with Crippen molar-refractivity contribution in [3.8, 4) is 51.0 Å². The maximum atomic E-state index is 5.43. The van der Waals surface area contributed by atoms with Gasteiger partial charge in [-0.05, 0) is 23.2 Å². The van der Waals surface area contributed by atoms with Crippen molar-refractivity contribution in [3.63, 3.8) is 0 Å². The molecule has 0 aliphatic heterocycles. The second kappa shape index (κ2) is 13.9. The quantitative estimate of drug-likeness (QED) is 0.137. The molecule has 0 spiro atoms. The Bertz CT molecular complexity index is 2240. The van der Waals surface area contributed by atoms with Crippen LogP contribution in [0.1, 0.15) is 0 Å². The molecule has 8 heteroatoms. The molecule has 0 fully saturated rings. The van der Waals surface area contributed by atoms with E-state index in [9.17, 15) is 0 Å². The molecular formula is C41H31BN6Pt. The van der Waals surface area contributed by atoms with E-state index in [1.807, 2.05) is 60.1 Å². The predicted octanol–water partition coefficient (Wildman–Crippen LogP) is 6.12. The van der Waals surface area contributed by atoms with E-state index in [0.717, 1.165) is 67.4 Å². The first kappa shape index (κ1) is 32.1. The summed E-state index contributed by atoms with van der Waals surface area (Å²) in [4.78, 5) is 9.32. The predicted molar refractivity (Wildman–Crippen MR) is 194 cm³/mol. The van der Waals surface area contributed by atoms with Gasteiger partial charge in [0, 0.05) is 44.4 Å². The fourth-order valence-corrected chi connectivity index (χ4v) is 6.44. The number of aromatic nitrogens is 6. The summed E-state index contributed by atoms with van der Waals surface area (Å²) in [5.74, 6) is 1.71. The van der Waals surface area contributed by atoms with Gasteiger partial charge in [-0.2, -0.15) is 16.0 Å². The van der Waals surface area contributed by atoms with Crippen molar-refractivity contribution >= 4 is 23.1 Å². The van der Waals surface area contributed by atoms with Gasteiger partial charge in [-0.15, -0.1) is 59.7 Å². The number of rotatable bonds is 8. The van der Waals surface area contributed by atoms with Crippen LogP contribution in [0.3, 0.4) is 0 Å². The van der Waals surface area contributed by atoms with Crippen molar-refractivity contribution in [1.29, 1.82) is 0 Å². The van der Waals surface area contributed by atoms with Gasteiger partial charge in [0.1, 0.15) is 0 Å². The Kier molecular flexibility index (Phi) is 9.10. The van der Waals surface area contributed by atoms with E-state index in [0.29, 0.717) is 0 Å². The molecule has 49 heavy (non-hydrogen) atoms. The molecular weight excluding hydrogens is 782 g/mol. The van der Waals surface area contributed by atoms with E-state index < -0.39 is 0 Å². The van der Waals surface area contributed by atoms with E-state index >= 15 is 0 Å². The molecule has 0 N–H and O–H groups in total. The average Bonchev–Trinajstić information content (AvgIpc) is 3.88. The fourth-order valence-electron chi connectivity index (χ4n) is 6.44. The Morgan fingerprint density at radius 1 is 0.551 bits per heavy atom. The van der Waals surface area contributed by atoms with Crippen molar-refractivity contribution in [2.45, 2.75) is 0 Å². The minimum Gasteiger partial charge on any atom is -0.373 e. The summed E-state index contributed by atoms with van der Waals surface area (Å²) in [6.07, 6.45) is 7.56. The second-order valence-corrected chi connectivity index (χ2v) is 11.8. The Morgan fingerprint density at radius 2 is 1.04 bits per heavy atom. The van der Waals surface area contributed by atoms with Gasteiger partial charge >= 0.3 is 21.1 Å². The SMILES string of the molecule is Cn1ccnc1-c1[c-]c(B(c2[c-]c(-c3nccn3C)ccc2)c2c(-c3ccccc3)nn(-c3ccccc3)c2-c2ccccc2)ccc1.[Pt+2]. The first-order chi connectivity index (χ1) is 23.7. The summed E-state index contributed by atoms with van der Waals surface area (Å²) in [6, 6.07) is 51.6. The number of hydrogen-bond donors (Lipinski definition) is 0. The van der Waals surface area contributed by atoms with Crippen LogP contribution in [0, 0.1) is 12.1 Å². The van der Waals surface area contributed by atoms with Gasteiger partial charge in [0.25, 0.3) is 0 Å². The smallest absolute Gasteiger partial charge is 0.373 e. The van der Waals surface area contributed by atoms with Crippen molar-refractivity contribution < 1.29 is 21.1 Å². The van der Waals surface area contributed by atoms with Crippen LogP contribution in [0.2, 0.25) is 0 Å². The van der Waals surface area contributed by atoms with Crippen molar-refractivity contribution in [2.75, 3.05) is 0 Å². The molecule has 0 radical (unpaired) electrons. The number of nitrogens with zero attached hydrogens (tertiary/aromatic N) is 6. The maximum absolute atomic E-state index is 5.43. The Hall–Kier alpha value is -5.52. The van der Waals surface area contributed by atoms with Gasteiger partial charge < -0.3 is 9.13 Å². The van der Waals surface area contributed by atoms with Gasteiger partial charge in [-0.3, -0.25) is 9.97 Å². The maximum Gasteiger partial charge on any atom is 2.00 e. The van der Waals surface area contributed by atoms with Gasteiger partial charge in [0.05, 0.1) is 28.7 Å². The number of para-hydroxylation sites is 1. The van der Waals surface area contributed by atoms with Crippen LogP contribution < -0.4 is 16.4 Å². The first-order valence-corrected chi connectivity index (χ1v) is 15.9. The normalized spacial score (nSPS) is 10.9. The molecule has 0 aliphatic carbocycles. The van der Waals surface area contributed by atoms with Gasteiger partial charge in [-0.1, -0.05) is 78.9 Å². The molecule has 3 aromatic heterocycles. The third kappa shape index (κ3) is 6.14. The number of imidazole rings is 2. The van der Waals surface area contributed by atoms with Crippen LogP contribution >= 0.6 is 0 Å². The van der Waals surface area contributed by atoms with Crippen molar-refractivity contribution in [3.05, 3.63) is 164 Å². The molecule has 0 aliphatic rings. The van der Waals surface area contributed by atoms with Crippen molar-refractivity contribution in [1.82, 2.24) is 28.9 Å². The minimum absolute atomic E-state index is 0. The van der Waals surface area contributed by atoms with Crippen LogP contribution in [-0.2, 0) is 35.2 Å².